The van der Waals surface area contributed by atoms with Crippen LogP contribution in [0.3, 0.4) is 0 Å². The molecule has 1 aliphatic rings. The number of nitrogens with one attached hydrogen (secondary N) is 1. The number of rotatable bonds is 7. The van der Waals surface area contributed by atoms with Gasteiger partial charge in [0.2, 0.25) is 5.91 Å². The maximum absolute atomic E-state index is 12.0. The minimum Gasteiger partial charge on any atom is -0.377 e. The van der Waals surface area contributed by atoms with Crippen LogP contribution in [0.5, 0.6) is 0 Å². The highest BCUT2D eigenvalue weighted by Gasteiger charge is 2.24. The van der Waals surface area contributed by atoms with E-state index in [-0.39, 0.29) is 17.9 Å². The predicted octanol–water partition coefficient (Wildman–Crippen LogP) is 3.13. The number of carbonyl (C=O) groups is 1. The molecule has 1 fully saturated rings. The van der Waals surface area contributed by atoms with Crippen molar-refractivity contribution in [3.8, 4) is 0 Å². The number of amides is 1. The van der Waals surface area contributed by atoms with Crippen molar-refractivity contribution in [1.29, 1.82) is 0 Å². The van der Waals surface area contributed by atoms with Gasteiger partial charge in [-0.3, -0.25) is 4.79 Å². The van der Waals surface area contributed by atoms with Gasteiger partial charge in [0.1, 0.15) is 0 Å². The Bertz CT molecular complexity index is 254. The second-order valence-electron chi connectivity index (χ2n) is 6.65. The molecule has 1 atom stereocenters. The SMILES string of the molecule is CCC(CCCCC(C)(C)C)C(=O)NC1COC1. The van der Waals surface area contributed by atoms with Crippen molar-refractivity contribution >= 4 is 5.91 Å². The van der Waals surface area contributed by atoms with E-state index in [1.54, 1.807) is 0 Å². The summed E-state index contributed by atoms with van der Waals surface area (Å²) in [7, 11) is 0. The minimum absolute atomic E-state index is 0.186. The van der Waals surface area contributed by atoms with Crippen molar-refractivity contribution in [2.45, 2.75) is 65.8 Å². The summed E-state index contributed by atoms with van der Waals surface area (Å²) in [6.07, 6.45) is 5.58. The molecule has 1 heterocycles. The first-order chi connectivity index (χ1) is 8.42. The molecule has 0 radical (unpaired) electrons. The molecule has 1 rings (SSSR count). The number of ether oxygens (including phenoxy) is 1. The zero-order valence-corrected chi connectivity index (χ0v) is 12.4. The number of hydrogen-bond acceptors (Lipinski definition) is 2. The van der Waals surface area contributed by atoms with Gasteiger partial charge in [0.15, 0.2) is 0 Å². The third kappa shape index (κ3) is 5.85. The highest BCUT2D eigenvalue weighted by atomic mass is 16.5. The van der Waals surface area contributed by atoms with Crippen molar-refractivity contribution in [1.82, 2.24) is 5.32 Å². The smallest absolute Gasteiger partial charge is 0.223 e. The second-order valence-corrected chi connectivity index (χ2v) is 6.65. The van der Waals surface area contributed by atoms with E-state index in [1.165, 1.54) is 12.8 Å². The standard InChI is InChI=1S/C15H29NO2/c1-5-12(8-6-7-9-15(2,3)4)14(17)16-13-10-18-11-13/h12-13H,5-11H2,1-4H3,(H,16,17). The van der Waals surface area contributed by atoms with Gasteiger partial charge in [-0.1, -0.05) is 40.5 Å². The van der Waals surface area contributed by atoms with E-state index in [9.17, 15) is 4.79 Å². The van der Waals surface area contributed by atoms with Gasteiger partial charge < -0.3 is 10.1 Å². The topological polar surface area (TPSA) is 38.3 Å². The molecule has 0 saturated carbocycles. The monoisotopic (exact) mass is 255 g/mol. The molecule has 1 unspecified atom stereocenters. The van der Waals surface area contributed by atoms with Crippen LogP contribution in [0, 0.1) is 11.3 Å². The summed E-state index contributed by atoms with van der Waals surface area (Å²) >= 11 is 0. The first-order valence-electron chi connectivity index (χ1n) is 7.30. The zero-order chi connectivity index (χ0) is 13.6. The summed E-state index contributed by atoms with van der Waals surface area (Å²) in [4.78, 5) is 12.0. The van der Waals surface area contributed by atoms with E-state index in [1.807, 2.05) is 0 Å². The van der Waals surface area contributed by atoms with Crippen molar-refractivity contribution in [3.63, 3.8) is 0 Å². The van der Waals surface area contributed by atoms with E-state index in [0.717, 1.165) is 19.3 Å². The van der Waals surface area contributed by atoms with Crippen molar-refractivity contribution in [2.75, 3.05) is 13.2 Å². The average Bonchev–Trinajstić information content (AvgIpc) is 2.22. The Balaban J connectivity index is 2.17. The molecule has 106 valence electrons. The van der Waals surface area contributed by atoms with E-state index in [0.29, 0.717) is 18.6 Å². The van der Waals surface area contributed by atoms with E-state index >= 15 is 0 Å². The van der Waals surface area contributed by atoms with Crippen LogP contribution in [-0.4, -0.2) is 25.2 Å². The van der Waals surface area contributed by atoms with Crippen molar-refractivity contribution < 1.29 is 9.53 Å². The molecule has 1 saturated heterocycles. The lowest BCUT2D eigenvalue weighted by Gasteiger charge is -2.28. The van der Waals surface area contributed by atoms with Gasteiger partial charge in [-0.2, -0.15) is 0 Å². The Morgan fingerprint density at radius 3 is 2.44 bits per heavy atom. The van der Waals surface area contributed by atoms with Gasteiger partial charge >= 0.3 is 0 Å². The largest absolute Gasteiger partial charge is 0.377 e. The van der Waals surface area contributed by atoms with Gasteiger partial charge in [-0.05, 0) is 24.7 Å². The van der Waals surface area contributed by atoms with E-state index in [2.05, 4.69) is 33.0 Å². The third-order valence-electron chi connectivity index (χ3n) is 3.58. The Morgan fingerprint density at radius 1 is 1.33 bits per heavy atom. The molecule has 0 aromatic heterocycles. The van der Waals surface area contributed by atoms with Crippen LogP contribution < -0.4 is 5.32 Å². The Kier molecular flexibility index (Phi) is 6.13. The van der Waals surface area contributed by atoms with Crippen molar-refractivity contribution in [3.05, 3.63) is 0 Å². The van der Waals surface area contributed by atoms with Crippen LogP contribution in [0.4, 0.5) is 0 Å². The lowest BCUT2D eigenvalue weighted by molar-refractivity contribution is -0.129. The van der Waals surface area contributed by atoms with Crippen LogP contribution >= 0.6 is 0 Å². The second kappa shape index (κ2) is 7.13. The maximum Gasteiger partial charge on any atom is 0.223 e. The summed E-state index contributed by atoms with van der Waals surface area (Å²) in [6.45, 7) is 10.3. The van der Waals surface area contributed by atoms with Crippen LogP contribution in [-0.2, 0) is 9.53 Å². The average molecular weight is 255 g/mol. The lowest BCUT2D eigenvalue weighted by Crippen LogP contribution is -2.50. The Morgan fingerprint density at radius 2 is 2.00 bits per heavy atom. The first-order valence-corrected chi connectivity index (χ1v) is 7.30. The summed E-state index contributed by atoms with van der Waals surface area (Å²) < 4.78 is 5.07. The maximum atomic E-state index is 12.0. The molecule has 18 heavy (non-hydrogen) atoms. The quantitative estimate of drug-likeness (QED) is 0.710. The molecule has 0 aromatic carbocycles. The highest BCUT2D eigenvalue weighted by Crippen LogP contribution is 2.23. The van der Waals surface area contributed by atoms with Gasteiger partial charge in [0, 0.05) is 5.92 Å². The lowest BCUT2D eigenvalue weighted by atomic mass is 9.88. The molecule has 1 N–H and O–H groups in total. The summed E-state index contributed by atoms with van der Waals surface area (Å²) in [6, 6.07) is 0.265. The molecular weight excluding hydrogens is 226 g/mol. The fourth-order valence-electron chi connectivity index (χ4n) is 2.20. The zero-order valence-electron chi connectivity index (χ0n) is 12.4. The number of hydrogen-bond donors (Lipinski definition) is 1. The summed E-state index contributed by atoms with van der Waals surface area (Å²) in [5, 5.41) is 3.06. The number of carbonyl (C=O) groups excluding carboxylic acids is 1. The number of unbranched alkanes of at least 4 members (excludes halogenated alkanes) is 1. The van der Waals surface area contributed by atoms with Gasteiger partial charge in [0.05, 0.1) is 19.3 Å². The summed E-state index contributed by atoms with van der Waals surface area (Å²) in [5.41, 5.74) is 0.410. The van der Waals surface area contributed by atoms with Gasteiger partial charge in [0.25, 0.3) is 0 Å². The van der Waals surface area contributed by atoms with Gasteiger partial charge in [-0.25, -0.2) is 0 Å². The fraction of sp³-hybridized carbons (Fsp3) is 0.933. The van der Waals surface area contributed by atoms with Crippen LogP contribution in [0.1, 0.15) is 59.8 Å². The van der Waals surface area contributed by atoms with Crippen LogP contribution in [0.15, 0.2) is 0 Å². The molecule has 3 heteroatoms. The molecule has 1 amide bonds. The Hall–Kier alpha value is -0.570. The molecule has 0 aromatic rings. The molecule has 1 aliphatic heterocycles. The van der Waals surface area contributed by atoms with Gasteiger partial charge in [-0.15, -0.1) is 0 Å². The first kappa shape index (κ1) is 15.5. The van der Waals surface area contributed by atoms with E-state index < -0.39 is 0 Å². The predicted molar refractivity (Wildman–Crippen MR) is 74.5 cm³/mol. The summed E-state index contributed by atoms with van der Waals surface area (Å²) in [5.74, 6) is 0.409. The molecule has 0 aliphatic carbocycles. The highest BCUT2D eigenvalue weighted by molar-refractivity contribution is 5.78. The Labute approximate surface area is 112 Å². The minimum atomic E-state index is 0.186. The van der Waals surface area contributed by atoms with Crippen LogP contribution in [0.25, 0.3) is 0 Å². The molecule has 0 bridgehead atoms. The van der Waals surface area contributed by atoms with Crippen LogP contribution in [0.2, 0.25) is 0 Å². The third-order valence-corrected chi connectivity index (χ3v) is 3.58. The normalized spacial score (nSPS) is 18.2. The van der Waals surface area contributed by atoms with Crippen molar-refractivity contribution in [2.24, 2.45) is 11.3 Å². The molecule has 0 spiro atoms. The molecule has 3 nitrogen and oxygen atoms in total. The van der Waals surface area contributed by atoms with E-state index in [4.69, 9.17) is 4.74 Å². The molecular formula is C15H29NO2. The fourth-order valence-corrected chi connectivity index (χ4v) is 2.20.